The Kier molecular flexibility index (Phi) is 4.97. The zero-order valence-corrected chi connectivity index (χ0v) is 10.6. The van der Waals surface area contributed by atoms with Crippen molar-refractivity contribution in [2.24, 2.45) is 17.8 Å². The first-order valence-corrected chi connectivity index (χ1v) is 6.29. The molecule has 0 atom stereocenters. The van der Waals surface area contributed by atoms with Gasteiger partial charge in [-0.3, -0.25) is 9.59 Å². The molecule has 3 nitrogen and oxygen atoms in total. The summed E-state index contributed by atoms with van der Waals surface area (Å²) in [5.41, 5.74) is 0. The minimum absolute atomic E-state index is 0.0635. The van der Waals surface area contributed by atoms with Crippen molar-refractivity contribution in [1.82, 2.24) is 5.32 Å². The third-order valence-corrected chi connectivity index (χ3v) is 3.51. The summed E-state index contributed by atoms with van der Waals surface area (Å²) in [5.74, 6) is 1.36. The van der Waals surface area contributed by atoms with Crippen LogP contribution in [0.15, 0.2) is 0 Å². The second-order valence-corrected chi connectivity index (χ2v) is 5.23. The molecule has 16 heavy (non-hydrogen) atoms. The lowest BCUT2D eigenvalue weighted by molar-refractivity contribution is -0.125. The van der Waals surface area contributed by atoms with Gasteiger partial charge in [0, 0.05) is 18.4 Å². The number of ketones is 1. The Labute approximate surface area is 98.0 Å². The van der Waals surface area contributed by atoms with Crippen LogP contribution in [0, 0.1) is 17.8 Å². The summed E-state index contributed by atoms with van der Waals surface area (Å²) in [5, 5.41) is 2.97. The first-order valence-electron chi connectivity index (χ1n) is 6.29. The molecule has 3 heteroatoms. The van der Waals surface area contributed by atoms with Gasteiger partial charge in [-0.25, -0.2) is 0 Å². The van der Waals surface area contributed by atoms with E-state index in [1.165, 1.54) is 0 Å². The Morgan fingerprint density at radius 2 is 1.75 bits per heavy atom. The molecule has 0 radical (unpaired) electrons. The van der Waals surface area contributed by atoms with Crippen LogP contribution in [0.5, 0.6) is 0 Å². The molecule has 1 aliphatic rings. The normalized spacial score (nSPS) is 25.5. The predicted molar refractivity (Wildman–Crippen MR) is 64.0 cm³/mol. The van der Waals surface area contributed by atoms with Crippen LogP contribution in [-0.2, 0) is 9.59 Å². The molecule has 0 bridgehead atoms. The molecule has 0 aromatic carbocycles. The van der Waals surface area contributed by atoms with Gasteiger partial charge in [0.15, 0.2) is 0 Å². The van der Waals surface area contributed by atoms with Crippen molar-refractivity contribution in [3.05, 3.63) is 0 Å². The van der Waals surface area contributed by atoms with E-state index in [9.17, 15) is 9.59 Å². The fourth-order valence-corrected chi connectivity index (χ4v) is 2.22. The molecule has 0 spiro atoms. The number of carbonyl (C=O) groups excluding carboxylic acids is 2. The number of amides is 1. The van der Waals surface area contributed by atoms with Crippen LogP contribution in [-0.4, -0.2) is 18.2 Å². The van der Waals surface area contributed by atoms with E-state index in [0.29, 0.717) is 11.7 Å². The summed E-state index contributed by atoms with van der Waals surface area (Å²) < 4.78 is 0. The summed E-state index contributed by atoms with van der Waals surface area (Å²) in [6, 6.07) is 0. The highest BCUT2D eigenvalue weighted by atomic mass is 16.1. The van der Waals surface area contributed by atoms with E-state index in [1.807, 2.05) is 13.8 Å². The summed E-state index contributed by atoms with van der Waals surface area (Å²) in [4.78, 5) is 22.6. The van der Waals surface area contributed by atoms with Crippen molar-refractivity contribution < 1.29 is 9.59 Å². The van der Waals surface area contributed by atoms with Gasteiger partial charge in [-0.2, -0.15) is 0 Å². The second-order valence-electron chi connectivity index (χ2n) is 5.23. The number of hydrogen-bond acceptors (Lipinski definition) is 2. The van der Waals surface area contributed by atoms with Crippen molar-refractivity contribution in [2.45, 2.75) is 46.5 Å². The van der Waals surface area contributed by atoms with Crippen LogP contribution in [0.25, 0.3) is 0 Å². The van der Waals surface area contributed by atoms with E-state index in [0.717, 1.165) is 32.2 Å². The fourth-order valence-electron chi connectivity index (χ4n) is 2.22. The Bertz CT molecular complexity index is 253. The van der Waals surface area contributed by atoms with Crippen LogP contribution < -0.4 is 5.32 Å². The van der Waals surface area contributed by atoms with Gasteiger partial charge in [0.2, 0.25) is 5.91 Å². The van der Waals surface area contributed by atoms with Gasteiger partial charge in [-0.15, -0.1) is 0 Å². The monoisotopic (exact) mass is 225 g/mol. The van der Waals surface area contributed by atoms with Gasteiger partial charge >= 0.3 is 0 Å². The van der Waals surface area contributed by atoms with Crippen LogP contribution in [0.2, 0.25) is 0 Å². The molecule has 1 amide bonds. The van der Waals surface area contributed by atoms with Crippen molar-refractivity contribution in [1.29, 1.82) is 0 Å². The molecule has 0 saturated heterocycles. The molecule has 0 heterocycles. The van der Waals surface area contributed by atoms with Crippen molar-refractivity contribution in [3.63, 3.8) is 0 Å². The molecule has 0 unspecified atom stereocenters. The number of nitrogens with one attached hydrogen (secondary N) is 1. The third-order valence-electron chi connectivity index (χ3n) is 3.51. The summed E-state index contributed by atoms with van der Waals surface area (Å²) in [6.45, 7) is 6.27. The van der Waals surface area contributed by atoms with Crippen molar-refractivity contribution in [3.8, 4) is 0 Å². The molecule has 1 fully saturated rings. The molecular weight excluding hydrogens is 202 g/mol. The number of hydrogen-bond donors (Lipinski definition) is 1. The van der Waals surface area contributed by atoms with Gasteiger partial charge < -0.3 is 5.32 Å². The minimum Gasteiger partial charge on any atom is -0.356 e. The average molecular weight is 225 g/mol. The molecular formula is C13H23NO2. The third kappa shape index (κ3) is 3.95. The van der Waals surface area contributed by atoms with Crippen molar-refractivity contribution in [2.75, 3.05) is 6.54 Å². The zero-order chi connectivity index (χ0) is 12.1. The lowest BCUT2D eigenvalue weighted by atomic mass is 9.80. The highest BCUT2D eigenvalue weighted by molar-refractivity contribution is 5.78. The molecule has 1 saturated carbocycles. The van der Waals surface area contributed by atoms with Gasteiger partial charge in [-0.05, 0) is 38.5 Å². The van der Waals surface area contributed by atoms with Gasteiger partial charge in [-0.1, -0.05) is 13.8 Å². The van der Waals surface area contributed by atoms with Gasteiger partial charge in [0.05, 0.1) is 0 Å². The molecule has 0 aliphatic heterocycles. The smallest absolute Gasteiger partial charge is 0.222 e. The van der Waals surface area contributed by atoms with E-state index in [1.54, 1.807) is 6.92 Å². The number of rotatable bonds is 4. The topological polar surface area (TPSA) is 46.2 Å². The van der Waals surface area contributed by atoms with Gasteiger partial charge in [0.1, 0.15) is 5.78 Å². The van der Waals surface area contributed by atoms with Crippen LogP contribution >= 0.6 is 0 Å². The second kappa shape index (κ2) is 6.02. The van der Waals surface area contributed by atoms with Crippen molar-refractivity contribution >= 4 is 11.7 Å². The molecule has 1 rings (SSSR count). The lowest BCUT2D eigenvalue weighted by Crippen LogP contribution is -2.34. The number of carbonyl (C=O) groups is 2. The highest BCUT2D eigenvalue weighted by Crippen LogP contribution is 2.28. The Morgan fingerprint density at radius 3 is 2.19 bits per heavy atom. The summed E-state index contributed by atoms with van der Waals surface area (Å²) in [6.07, 6.45) is 4.14. The molecule has 92 valence electrons. The maximum atomic E-state index is 11.4. The summed E-state index contributed by atoms with van der Waals surface area (Å²) >= 11 is 0. The molecule has 0 aromatic heterocycles. The van der Waals surface area contributed by atoms with E-state index in [4.69, 9.17) is 0 Å². The zero-order valence-electron chi connectivity index (χ0n) is 10.6. The Hall–Kier alpha value is -0.860. The molecule has 1 N–H and O–H groups in total. The molecule has 1 aliphatic carbocycles. The largest absolute Gasteiger partial charge is 0.356 e. The SMILES string of the molecule is CC(=O)C1CCC(CNC(=O)C(C)C)CC1. The summed E-state index contributed by atoms with van der Waals surface area (Å²) in [7, 11) is 0. The quantitative estimate of drug-likeness (QED) is 0.797. The first kappa shape index (κ1) is 13.2. The predicted octanol–water partition coefficient (Wildman–Crippen LogP) is 2.15. The standard InChI is InChI=1S/C13H23NO2/c1-9(2)13(16)14-8-11-4-6-12(7-5-11)10(3)15/h9,11-12H,4-8H2,1-3H3,(H,14,16). The lowest BCUT2D eigenvalue weighted by Gasteiger charge is -2.27. The van der Waals surface area contributed by atoms with Crippen LogP contribution in [0.3, 0.4) is 0 Å². The number of Topliss-reactive ketones (excluding diaryl/α,β-unsaturated/α-hetero) is 1. The maximum Gasteiger partial charge on any atom is 0.222 e. The minimum atomic E-state index is 0.0635. The van der Waals surface area contributed by atoms with Crippen LogP contribution in [0.4, 0.5) is 0 Å². The van der Waals surface area contributed by atoms with Crippen LogP contribution in [0.1, 0.15) is 46.5 Å². The fraction of sp³-hybridized carbons (Fsp3) is 0.846. The van der Waals surface area contributed by atoms with Gasteiger partial charge in [0.25, 0.3) is 0 Å². The van der Waals surface area contributed by atoms with E-state index in [2.05, 4.69) is 5.32 Å². The first-order chi connectivity index (χ1) is 7.50. The highest BCUT2D eigenvalue weighted by Gasteiger charge is 2.24. The molecule has 0 aromatic rings. The Balaban J connectivity index is 2.22. The average Bonchev–Trinajstić information content (AvgIpc) is 2.26. The van der Waals surface area contributed by atoms with E-state index in [-0.39, 0.29) is 17.7 Å². The Morgan fingerprint density at radius 1 is 1.19 bits per heavy atom. The maximum absolute atomic E-state index is 11.4. The van der Waals surface area contributed by atoms with E-state index >= 15 is 0 Å². The van der Waals surface area contributed by atoms with E-state index < -0.39 is 0 Å².